The Hall–Kier alpha value is -5.92. The van der Waals surface area contributed by atoms with Gasteiger partial charge in [-0.3, -0.25) is 0 Å². The Bertz CT molecular complexity index is 2290. The molecule has 256 valence electrons. The maximum Gasteiger partial charge on any atom is 0.148 e. The largest absolute Gasteiger partial charge is 0.493 e. The number of hydrogen-bond acceptors (Lipinski definition) is 4. The second kappa shape index (κ2) is 15.7. The molecule has 2 atom stereocenters. The van der Waals surface area contributed by atoms with Crippen molar-refractivity contribution in [2.24, 2.45) is 5.92 Å². The molecule has 0 aliphatic heterocycles. The molecule has 0 saturated heterocycles. The molecular weight excluding hydrogens is 629 g/mol. The Kier molecular flexibility index (Phi) is 10.8. The molecule has 0 fully saturated rings. The molecule has 0 radical (unpaired) electrons. The first-order valence-corrected chi connectivity index (χ1v) is 17.2. The Morgan fingerprint density at radius 1 is 0.667 bits per heavy atom. The molecule has 4 heteroatoms. The summed E-state index contributed by atoms with van der Waals surface area (Å²) in [6, 6.07) is 35.8. The van der Waals surface area contributed by atoms with E-state index in [0.29, 0.717) is 25.6 Å². The van der Waals surface area contributed by atoms with Gasteiger partial charge in [0.05, 0.1) is 6.61 Å². The SMILES string of the molecule is C#CCOc1ccc2c(C(c3ccc4ccccc4c3)c3c(OCC(C)C=C)ccc4cc(OCC(=C)C)ccc34)c(OCC(=C)C)ccc2c1. The minimum absolute atomic E-state index is 0.152. The van der Waals surface area contributed by atoms with Crippen molar-refractivity contribution in [1.29, 1.82) is 0 Å². The first-order chi connectivity index (χ1) is 24.7. The number of rotatable bonds is 15. The van der Waals surface area contributed by atoms with E-state index in [4.69, 9.17) is 25.4 Å². The van der Waals surface area contributed by atoms with E-state index in [1.165, 1.54) is 5.39 Å². The Labute approximate surface area is 301 Å². The molecule has 0 amide bonds. The molecular formula is C47H44O4. The molecule has 4 nitrogen and oxygen atoms in total. The average molecular weight is 673 g/mol. The monoisotopic (exact) mass is 672 g/mol. The van der Waals surface area contributed by atoms with Crippen LogP contribution < -0.4 is 18.9 Å². The minimum atomic E-state index is -0.309. The van der Waals surface area contributed by atoms with Crippen LogP contribution in [-0.4, -0.2) is 26.4 Å². The molecule has 6 rings (SSSR count). The molecule has 0 spiro atoms. The lowest BCUT2D eigenvalue weighted by atomic mass is 9.79. The van der Waals surface area contributed by atoms with Crippen LogP contribution >= 0.6 is 0 Å². The summed E-state index contributed by atoms with van der Waals surface area (Å²) < 4.78 is 25.3. The quantitative estimate of drug-likeness (QED) is 0.0618. The topological polar surface area (TPSA) is 36.9 Å². The van der Waals surface area contributed by atoms with Gasteiger partial charge in [0.15, 0.2) is 0 Å². The van der Waals surface area contributed by atoms with Gasteiger partial charge in [0.2, 0.25) is 0 Å². The van der Waals surface area contributed by atoms with Crippen molar-refractivity contribution in [3.8, 4) is 35.3 Å². The lowest BCUT2D eigenvalue weighted by molar-refractivity contribution is 0.282. The van der Waals surface area contributed by atoms with Crippen molar-refractivity contribution in [2.45, 2.75) is 26.7 Å². The summed E-state index contributed by atoms with van der Waals surface area (Å²) >= 11 is 0. The van der Waals surface area contributed by atoms with Crippen LogP contribution in [0, 0.1) is 18.3 Å². The smallest absolute Gasteiger partial charge is 0.148 e. The molecule has 6 aromatic carbocycles. The molecule has 0 bridgehead atoms. The molecule has 0 aromatic heterocycles. The Balaban J connectivity index is 1.69. The van der Waals surface area contributed by atoms with Crippen molar-refractivity contribution < 1.29 is 18.9 Å². The summed E-state index contributed by atoms with van der Waals surface area (Å²) in [6.45, 7) is 19.7. The van der Waals surface area contributed by atoms with Crippen LogP contribution in [0.2, 0.25) is 0 Å². The van der Waals surface area contributed by atoms with Crippen molar-refractivity contribution in [2.75, 3.05) is 26.4 Å². The number of terminal acetylenes is 1. The van der Waals surface area contributed by atoms with Gasteiger partial charge in [-0.15, -0.1) is 13.0 Å². The molecule has 6 aromatic rings. The summed E-state index contributed by atoms with van der Waals surface area (Å²) in [5.74, 6) is 5.46. The number of fused-ring (bicyclic) bond motifs is 3. The maximum absolute atomic E-state index is 6.72. The molecule has 0 saturated carbocycles. The van der Waals surface area contributed by atoms with Gasteiger partial charge < -0.3 is 18.9 Å². The summed E-state index contributed by atoms with van der Waals surface area (Å²) in [7, 11) is 0. The van der Waals surface area contributed by atoms with Gasteiger partial charge in [0.1, 0.15) is 42.8 Å². The second-order valence-electron chi connectivity index (χ2n) is 13.3. The highest BCUT2D eigenvalue weighted by molar-refractivity contribution is 5.95. The third kappa shape index (κ3) is 7.95. The fourth-order valence-corrected chi connectivity index (χ4v) is 6.34. The highest BCUT2D eigenvalue weighted by atomic mass is 16.5. The van der Waals surface area contributed by atoms with E-state index in [2.05, 4.69) is 118 Å². The van der Waals surface area contributed by atoms with Gasteiger partial charge in [-0.25, -0.2) is 0 Å². The lowest BCUT2D eigenvalue weighted by Gasteiger charge is -2.28. The number of ether oxygens (including phenoxy) is 4. The maximum atomic E-state index is 6.72. The molecule has 51 heavy (non-hydrogen) atoms. The lowest BCUT2D eigenvalue weighted by Crippen LogP contribution is -2.13. The molecule has 0 N–H and O–H groups in total. The predicted octanol–water partition coefficient (Wildman–Crippen LogP) is 11.4. The number of benzene rings is 6. The van der Waals surface area contributed by atoms with Crippen LogP contribution in [-0.2, 0) is 0 Å². The fourth-order valence-electron chi connectivity index (χ4n) is 6.34. The zero-order valence-corrected chi connectivity index (χ0v) is 29.7. The number of hydrogen-bond donors (Lipinski definition) is 0. The van der Waals surface area contributed by atoms with Crippen molar-refractivity contribution in [1.82, 2.24) is 0 Å². The van der Waals surface area contributed by atoms with Crippen LogP contribution in [0.4, 0.5) is 0 Å². The van der Waals surface area contributed by atoms with Crippen molar-refractivity contribution in [3.05, 3.63) is 157 Å². The Morgan fingerprint density at radius 3 is 1.84 bits per heavy atom. The molecule has 0 heterocycles. The van der Waals surface area contributed by atoms with Gasteiger partial charge >= 0.3 is 0 Å². The highest BCUT2D eigenvalue weighted by Gasteiger charge is 2.29. The molecule has 0 aliphatic rings. The third-order valence-corrected chi connectivity index (χ3v) is 8.86. The summed E-state index contributed by atoms with van der Waals surface area (Å²) in [4.78, 5) is 0. The minimum Gasteiger partial charge on any atom is -0.493 e. The van der Waals surface area contributed by atoms with Gasteiger partial charge in [0.25, 0.3) is 0 Å². The first kappa shape index (κ1) is 34.9. The van der Waals surface area contributed by atoms with E-state index in [1.807, 2.05) is 38.1 Å². The predicted molar refractivity (Wildman–Crippen MR) is 213 cm³/mol. The van der Waals surface area contributed by atoms with E-state index in [0.717, 1.165) is 72.0 Å². The highest BCUT2D eigenvalue weighted by Crippen LogP contribution is 2.48. The summed E-state index contributed by atoms with van der Waals surface area (Å²) in [5.41, 5.74) is 5.04. The van der Waals surface area contributed by atoms with E-state index < -0.39 is 0 Å². The normalized spacial score (nSPS) is 12.2. The summed E-state index contributed by atoms with van der Waals surface area (Å²) in [5, 5.41) is 6.44. The van der Waals surface area contributed by atoms with E-state index >= 15 is 0 Å². The standard InChI is InChI=1S/C47H44O4/c1-8-24-48-39-18-20-41-36(26-39)16-22-43(50-29-32(5)6)46(41)45(38-15-14-34-12-10-11-13-35(34)25-38)47-42-21-19-40(49-28-31(3)4)27-37(42)17-23-44(47)51-30-33(7)9-2/h1,9-23,25-27,33,45H,2-3,5,24,28-30H2,4,6-7H3. The molecule has 0 aliphatic carbocycles. The van der Waals surface area contributed by atoms with Crippen LogP contribution in [0.15, 0.2) is 140 Å². The fraction of sp³-hybridized carbons (Fsp3) is 0.191. The van der Waals surface area contributed by atoms with Gasteiger partial charge in [-0.05, 0) is 99.3 Å². The summed E-state index contributed by atoms with van der Waals surface area (Å²) in [6.07, 6.45) is 7.44. The van der Waals surface area contributed by atoms with Crippen molar-refractivity contribution in [3.63, 3.8) is 0 Å². The third-order valence-electron chi connectivity index (χ3n) is 8.86. The van der Waals surface area contributed by atoms with Crippen molar-refractivity contribution >= 4 is 32.3 Å². The second-order valence-corrected chi connectivity index (χ2v) is 13.3. The van der Waals surface area contributed by atoms with E-state index in [-0.39, 0.29) is 18.4 Å². The van der Waals surface area contributed by atoms with Crippen LogP contribution in [0.5, 0.6) is 23.0 Å². The zero-order valence-electron chi connectivity index (χ0n) is 29.7. The first-order valence-electron chi connectivity index (χ1n) is 17.2. The van der Waals surface area contributed by atoms with Gasteiger partial charge in [-0.2, -0.15) is 0 Å². The average Bonchev–Trinajstić information content (AvgIpc) is 3.14. The van der Waals surface area contributed by atoms with E-state index in [9.17, 15) is 0 Å². The van der Waals surface area contributed by atoms with Crippen LogP contribution in [0.3, 0.4) is 0 Å². The van der Waals surface area contributed by atoms with E-state index in [1.54, 1.807) is 0 Å². The molecule has 2 unspecified atom stereocenters. The Morgan fingerprint density at radius 2 is 1.24 bits per heavy atom. The van der Waals surface area contributed by atoms with Gasteiger partial charge in [-0.1, -0.05) is 98.8 Å². The van der Waals surface area contributed by atoms with Gasteiger partial charge in [0, 0.05) is 23.0 Å². The van der Waals surface area contributed by atoms with Crippen LogP contribution in [0.25, 0.3) is 32.3 Å². The zero-order chi connectivity index (χ0) is 35.9. The van der Waals surface area contributed by atoms with Crippen LogP contribution in [0.1, 0.15) is 43.4 Å².